The number of benzene rings is 1. The van der Waals surface area contributed by atoms with Crippen molar-refractivity contribution < 1.29 is 14.3 Å². The Balaban J connectivity index is 2.40. The highest BCUT2D eigenvalue weighted by atomic mass is 79.9. The van der Waals surface area contributed by atoms with Crippen molar-refractivity contribution in [1.29, 1.82) is 0 Å². The fraction of sp³-hybridized carbons (Fsp3) is 0.364. The van der Waals surface area contributed by atoms with Gasteiger partial charge in [0.15, 0.2) is 0 Å². The zero-order valence-corrected chi connectivity index (χ0v) is 9.50. The van der Waals surface area contributed by atoms with Crippen molar-refractivity contribution in [2.75, 3.05) is 0 Å². The highest BCUT2D eigenvalue weighted by molar-refractivity contribution is 9.10. The van der Waals surface area contributed by atoms with Crippen molar-refractivity contribution in [3.63, 3.8) is 0 Å². The van der Waals surface area contributed by atoms with E-state index in [2.05, 4.69) is 15.9 Å². The molecule has 0 saturated heterocycles. The molecule has 2 rings (SSSR count). The van der Waals surface area contributed by atoms with E-state index in [4.69, 9.17) is 5.11 Å². The molecule has 1 N–H and O–H groups in total. The van der Waals surface area contributed by atoms with Gasteiger partial charge in [-0.15, -0.1) is 0 Å². The van der Waals surface area contributed by atoms with E-state index < -0.39 is 11.9 Å². The first-order valence-electron chi connectivity index (χ1n) is 4.77. The first kappa shape index (κ1) is 10.6. The van der Waals surface area contributed by atoms with Crippen molar-refractivity contribution in [3.05, 3.63) is 34.1 Å². The first-order chi connectivity index (χ1) is 7.09. The molecule has 80 valence electrons. The fourth-order valence-electron chi connectivity index (χ4n) is 1.77. The van der Waals surface area contributed by atoms with Crippen LogP contribution in [-0.2, 0) is 4.79 Å². The maximum absolute atomic E-state index is 13.0. The van der Waals surface area contributed by atoms with E-state index >= 15 is 0 Å². The summed E-state index contributed by atoms with van der Waals surface area (Å²) in [5, 5.41) is 9.11. The summed E-state index contributed by atoms with van der Waals surface area (Å²) in [7, 11) is 0. The molecule has 1 unspecified atom stereocenters. The monoisotopic (exact) mass is 272 g/mol. The van der Waals surface area contributed by atoms with Crippen LogP contribution < -0.4 is 0 Å². The van der Waals surface area contributed by atoms with Crippen LogP contribution in [0.5, 0.6) is 0 Å². The Hall–Kier alpha value is -0.900. The summed E-state index contributed by atoms with van der Waals surface area (Å²) in [5.41, 5.74) is 0.546. The van der Waals surface area contributed by atoms with Crippen LogP contribution in [0, 0.1) is 11.7 Å². The van der Waals surface area contributed by atoms with E-state index in [1.165, 1.54) is 12.1 Å². The molecule has 0 aromatic heterocycles. The van der Waals surface area contributed by atoms with Crippen molar-refractivity contribution >= 4 is 21.9 Å². The molecule has 1 saturated carbocycles. The number of carboxylic acid groups (broad SMARTS) is 1. The molecule has 4 heteroatoms. The summed E-state index contributed by atoms with van der Waals surface area (Å²) in [6.45, 7) is 0. The lowest BCUT2D eigenvalue weighted by Crippen LogP contribution is -2.14. The van der Waals surface area contributed by atoms with E-state index in [1.807, 2.05) is 0 Å². The third-order valence-electron chi connectivity index (χ3n) is 2.65. The van der Waals surface area contributed by atoms with Gasteiger partial charge >= 0.3 is 5.97 Å². The zero-order chi connectivity index (χ0) is 11.0. The normalized spacial score (nSPS) is 17.5. The molecule has 0 aliphatic heterocycles. The minimum absolute atomic E-state index is 0.167. The van der Waals surface area contributed by atoms with Gasteiger partial charge in [-0.05, 0) is 42.5 Å². The molecule has 0 radical (unpaired) electrons. The predicted molar refractivity (Wildman–Crippen MR) is 57.2 cm³/mol. The molecule has 1 aromatic carbocycles. The Morgan fingerprint density at radius 2 is 2.20 bits per heavy atom. The fourth-order valence-corrected chi connectivity index (χ4v) is 2.26. The SMILES string of the molecule is O=C(O)C(c1cc(F)ccc1Br)C1CC1. The Morgan fingerprint density at radius 3 is 2.73 bits per heavy atom. The molecule has 0 heterocycles. The van der Waals surface area contributed by atoms with Crippen molar-refractivity contribution in [3.8, 4) is 0 Å². The van der Waals surface area contributed by atoms with Crippen LogP contribution in [-0.4, -0.2) is 11.1 Å². The Morgan fingerprint density at radius 1 is 1.53 bits per heavy atom. The topological polar surface area (TPSA) is 37.3 Å². The number of carboxylic acids is 1. The van der Waals surface area contributed by atoms with Crippen LogP contribution in [0.4, 0.5) is 4.39 Å². The van der Waals surface area contributed by atoms with Gasteiger partial charge in [0, 0.05) is 4.47 Å². The number of rotatable bonds is 3. The molecule has 0 bridgehead atoms. The summed E-state index contributed by atoms with van der Waals surface area (Å²) in [4.78, 5) is 11.1. The van der Waals surface area contributed by atoms with Crippen molar-refractivity contribution in [2.24, 2.45) is 5.92 Å². The molecule has 0 spiro atoms. The number of halogens is 2. The lowest BCUT2D eigenvalue weighted by atomic mass is 9.94. The Labute approximate surface area is 95.2 Å². The van der Waals surface area contributed by atoms with Crippen LogP contribution in [0.25, 0.3) is 0 Å². The molecule has 1 aliphatic carbocycles. The summed E-state index contributed by atoms with van der Waals surface area (Å²) in [5.74, 6) is -1.67. The van der Waals surface area contributed by atoms with Crippen molar-refractivity contribution in [2.45, 2.75) is 18.8 Å². The van der Waals surface area contributed by atoms with Gasteiger partial charge in [0.2, 0.25) is 0 Å². The third kappa shape index (κ3) is 2.20. The van der Waals surface area contributed by atoms with E-state index in [-0.39, 0.29) is 11.7 Å². The van der Waals surface area contributed by atoms with Crippen LogP contribution in [0.1, 0.15) is 24.3 Å². The van der Waals surface area contributed by atoms with Crippen LogP contribution in [0.3, 0.4) is 0 Å². The van der Waals surface area contributed by atoms with Crippen LogP contribution in [0.15, 0.2) is 22.7 Å². The maximum atomic E-state index is 13.0. The molecular formula is C11H10BrFO2. The zero-order valence-electron chi connectivity index (χ0n) is 7.91. The lowest BCUT2D eigenvalue weighted by Gasteiger charge is -2.13. The summed E-state index contributed by atoms with van der Waals surface area (Å²) < 4.78 is 13.7. The van der Waals surface area contributed by atoms with Gasteiger partial charge in [-0.2, -0.15) is 0 Å². The highest BCUT2D eigenvalue weighted by Crippen LogP contribution is 2.44. The second kappa shape index (κ2) is 3.93. The second-order valence-electron chi connectivity index (χ2n) is 3.82. The molecule has 1 aliphatic rings. The molecule has 1 aromatic rings. The van der Waals surface area contributed by atoms with E-state index in [0.717, 1.165) is 12.8 Å². The minimum atomic E-state index is -0.871. The Kier molecular flexibility index (Phi) is 2.78. The number of hydrogen-bond donors (Lipinski definition) is 1. The van der Waals surface area contributed by atoms with E-state index in [1.54, 1.807) is 6.07 Å². The van der Waals surface area contributed by atoms with E-state index in [0.29, 0.717) is 10.0 Å². The number of aliphatic carboxylic acids is 1. The van der Waals surface area contributed by atoms with E-state index in [9.17, 15) is 9.18 Å². The standard InChI is InChI=1S/C11H10BrFO2/c12-9-4-3-7(13)5-8(9)10(11(14)15)6-1-2-6/h3-6,10H,1-2H2,(H,14,15). The molecule has 0 amide bonds. The first-order valence-corrected chi connectivity index (χ1v) is 5.56. The third-order valence-corrected chi connectivity index (χ3v) is 3.37. The van der Waals surface area contributed by atoms with Gasteiger partial charge in [-0.3, -0.25) is 4.79 Å². The molecule has 1 atom stereocenters. The average Bonchev–Trinajstić information content (AvgIpc) is 2.95. The Bertz CT molecular complexity index is 402. The highest BCUT2D eigenvalue weighted by Gasteiger charge is 2.38. The smallest absolute Gasteiger partial charge is 0.311 e. The van der Waals surface area contributed by atoms with Crippen LogP contribution in [0.2, 0.25) is 0 Å². The summed E-state index contributed by atoms with van der Waals surface area (Å²) >= 11 is 3.27. The minimum Gasteiger partial charge on any atom is -0.481 e. The van der Waals surface area contributed by atoms with Gasteiger partial charge in [-0.1, -0.05) is 15.9 Å². The average molecular weight is 273 g/mol. The summed E-state index contributed by atoms with van der Waals surface area (Å²) in [6.07, 6.45) is 1.83. The van der Waals surface area contributed by atoms with Gasteiger partial charge in [0.25, 0.3) is 0 Å². The largest absolute Gasteiger partial charge is 0.481 e. The molecule has 1 fully saturated rings. The lowest BCUT2D eigenvalue weighted by molar-refractivity contribution is -0.139. The van der Waals surface area contributed by atoms with Gasteiger partial charge in [0.05, 0.1) is 5.92 Å². The quantitative estimate of drug-likeness (QED) is 0.918. The van der Waals surface area contributed by atoms with Gasteiger partial charge < -0.3 is 5.11 Å². The van der Waals surface area contributed by atoms with Gasteiger partial charge in [-0.25, -0.2) is 4.39 Å². The van der Waals surface area contributed by atoms with Crippen molar-refractivity contribution in [1.82, 2.24) is 0 Å². The number of carbonyl (C=O) groups is 1. The van der Waals surface area contributed by atoms with Crippen LogP contribution >= 0.6 is 15.9 Å². The summed E-state index contributed by atoms with van der Waals surface area (Å²) in [6, 6.07) is 4.18. The number of hydrogen-bond acceptors (Lipinski definition) is 1. The molecule has 2 nitrogen and oxygen atoms in total. The maximum Gasteiger partial charge on any atom is 0.311 e. The molecular weight excluding hydrogens is 263 g/mol. The molecule has 15 heavy (non-hydrogen) atoms. The predicted octanol–water partition coefficient (Wildman–Crippen LogP) is 3.17. The van der Waals surface area contributed by atoms with Gasteiger partial charge in [0.1, 0.15) is 5.82 Å². The second-order valence-corrected chi connectivity index (χ2v) is 4.67.